The van der Waals surface area contributed by atoms with Gasteiger partial charge in [0, 0.05) is 7.05 Å². The second-order valence-electron chi connectivity index (χ2n) is 4.35. The van der Waals surface area contributed by atoms with E-state index in [2.05, 4.69) is 19.9 Å². The number of benzene rings is 1. The van der Waals surface area contributed by atoms with Crippen LogP contribution in [0.4, 0.5) is 0 Å². The van der Waals surface area contributed by atoms with Crippen molar-refractivity contribution in [3.63, 3.8) is 0 Å². The van der Waals surface area contributed by atoms with Gasteiger partial charge in [-0.05, 0) is 23.9 Å². The Labute approximate surface area is 133 Å². The van der Waals surface area contributed by atoms with E-state index in [1.165, 1.54) is 18.1 Å². The van der Waals surface area contributed by atoms with E-state index >= 15 is 0 Å². The smallest absolute Gasteiger partial charge is 0.177 e. The third kappa shape index (κ3) is 2.17. The van der Waals surface area contributed by atoms with Gasteiger partial charge in [0.25, 0.3) is 0 Å². The van der Waals surface area contributed by atoms with Gasteiger partial charge in [0.2, 0.25) is 0 Å². The van der Waals surface area contributed by atoms with Crippen molar-refractivity contribution in [3.8, 4) is 0 Å². The third-order valence-corrected chi connectivity index (χ3v) is 5.66. The second-order valence-corrected chi connectivity index (χ2v) is 6.98. The highest BCUT2D eigenvalue weighted by Gasteiger charge is 2.13. The lowest BCUT2D eigenvalue weighted by Crippen LogP contribution is -1.91. The van der Waals surface area contributed by atoms with E-state index in [-0.39, 0.29) is 0 Å². The van der Waals surface area contributed by atoms with E-state index in [1.807, 2.05) is 29.8 Å². The number of hydrogen-bond donors (Lipinski definition) is 0. The Balaban J connectivity index is 1.79. The first-order valence-corrected chi connectivity index (χ1v) is 8.09. The SMILES string of the molecule is Cn1c(Sc2nc3cccc(Cl)c3s2)nc2cncnc21. The molecular weight excluding hydrogens is 326 g/mol. The molecule has 8 heteroatoms. The average Bonchev–Trinajstić information content (AvgIpc) is 3.03. The first-order valence-electron chi connectivity index (χ1n) is 6.08. The molecule has 0 amide bonds. The van der Waals surface area contributed by atoms with Gasteiger partial charge >= 0.3 is 0 Å². The molecule has 3 heterocycles. The topological polar surface area (TPSA) is 56.5 Å². The molecular formula is C13H8ClN5S2. The molecule has 4 rings (SSSR count). The number of aryl methyl sites for hydroxylation is 1. The summed E-state index contributed by atoms with van der Waals surface area (Å²) in [6, 6.07) is 5.74. The minimum atomic E-state index is 0.729. The van der Waals surface area contributed by atoms with Gasteiger partial charge in [-0.1, -0.05) is 17.7 Å². The molecule has 3 aromatic heterocycles. The fourth-order valence-electron chi connectivity index (χ4n) is 2.03. The molecule has 1 aromatic carbocycles. The Morgan fingerprint density at radius 3 is 2.95 bits per heavy atom. The van der Waals surface area contributed by atoms with Crippen molar-refractivity contribution in [2.45, 2.75) is 9.50 Å². The molecule has 5 nitrogen and oxygen atoms in total. The fraction of sp³-hybridized carbons (Fsp3) is 0.0769. The van der Waals surface area contributed by atoms with Gasteiger partial charge in [0.1, 0.15) is 11.8 Å². The van der Waals surface area contributed by atoms with Gasteiger partial charge in [0.05, 0.1) is 21.4 Å². The Bertz CT molecular complexity index is 962. The normalized spacial score (nSPS) is 11.5. The monoisotopic (exact) mass is 333 g/mol. The van der Waals surface area contributed by atoms with Crippen LogP contribution in [-0.4, -0.2) is 24.5 Å². The average molecular weight is 334 g/mol. The highest BCUT2D eigenvalue weighted by Crippen LogP contribution is 2.37. The van der Waals surface area contributed by atoms with Crippen LogP contribution in [-0.2, 0) is 7.05 Å². The molecule has 0 N–H and O–H groups in total. The van der Waals surface area contributed by atoms with Crippen LogP contribution in [0.25, 0.3) is 21.4 Å². The van der Waals surface area contributed by atoms with Crippen molar-refractivity contribution in [3.05, 3.63) is 35.7 Å². The number of rotatable bonds is 2. The molecule has 0 unspecified atom stereocenters. The lowest BCUT2D eigenvalue weighted by atomic mass is 10.3. The van der Waals surface area contributed by atoms with Crippen LogP contribution < -0.4 is 0 Å². The van der Waals surface area contributed by atoms with Crippen LogP contribution in [0.15, 0.2) is 40.2 Å². The number of fused-ring (bicyclic) bond motifs is 2. The number of nitrogens with zero attached hydrogens (tertiary/aromatic N) is 5. The zero-order chi connectivity index (χ0) is 14.4. The van der Waals surface area contributed by atoms with Gasteiger partial charge in [-0.2, -0.15) is 0 Å². The molecule has 0 fully saturated rings. The molecule has 0 bridgehead atoms. The minimum Gasteiger partial charge on any atom is -0.306 e. The molecule has 0 aliphatic heterocycles. The van der Waals surface area contributed by atoms with Crippen molar-refractivity contribution in [1.82, 2.24) is 24.5 Å². The van der Waals surface area contributed by atoms with E-state index in [4.69, 9.17) is 11.6 Å². The summed E-state index contributed by atoms with van der Waals surface area (Å²) in [6.07, 6.45) is 3.23. The molecule has 0 aliphatic rings. The lowest BCUT2D eigenvalue weighted by molar-refractivity contribution is 0.805. The van der Waals surface area contributed by atoms with Crippen molar-refractivity contribution < 1.29 is 0 Å². The number of halogens is 1. The summed E-state index contributed by atoms with van der Waals surface area (Å²) < 4.78 is 3.85. The molecule has 0 saturated carbocycles. The first-order chi connectivity index (χ1) is 10.2. The summed E-state index contributed by atoms with van der Waals surface area (Å²) in [7, 11) is 1.94. The number of thiazole rings is 1. The minimum absolute atomic E-state index is 0.729. The third-order valence-electron chi connectivity index (χ3n) is 3.02. The van der Waals surface area contributed by atoms with Crippen molar-refractivity contribution >= 4 is 56.1 Å². The maximum Gasteiger partial charge on any atom is 0.177 e. The molecule has 0 radical (unpaired) electrons. The highest BCUT2D eigenvalue weighted by atomic mass is 35.5. The van der Waals surface area contributed by atoms with Crippen LogP contribution in [0.2, 0.25) is 5.02 Å². The van der Waals surface area contributed by atoms with Crippen LogP contribution in [0.1, 0.15) is 0 Å². The van der Waals surface area contributed by atoms with E-state index < -0.39 is 0 Å². The van der Waals surface area contributed by atoms with Crippen molar-refractivity contribution in [1.29, 1.82) is 0 Å². The fourth-order valence-corrected chi connectivity index (χ4v) is 4.33. The number of aromatic nitrogens is 5. The van der Waals surface area contributed by atoms with Gasteiger partial charge in [-0.25, -0.2) is 19.9 Å². The summed E-state index contributed by atoms with van der Waals surface area (Å²) in [4.78, 5) is 17.4. The largest absolute Gasteiger partial charge is 0.306 e. The van der Waals surface area contributed by atoms with Gasteiger partial charge in [0.15, 0.2) is 15.1 Å². The number of imidazole rings is 1. The molecule has 0 aliphatic carbocycles. The molecule has 0 atom stereocenters. The van der Waals surface area contributed by atoms with Crippen molar-refractivity contribution in [2.75, 3.05) is 0 Å². The van der Waals surface area contributed by atoms with Gasteiger partial charge < -0.3 is 4.57 Å². The molecule has 21 heavy (non-hydrogen) atoms. The van der Waals surface area contributed by atoms with Crippen LogP contribution in [0.3, 0.4) is 0 Å². The first kappa shape index (κ1) is 13.0. The predicted octanol–water partition coefficient (Wildman–Crippen LogP) is 3.78. The Hall–Kier alpha value is -1.70. The zero-order valence-corrected chi connectivity index (χ0v) is 13.2. The van der Waals surface area contributed by atoms with Crippen molar-refractivity contribution in [2.24, 2.45) is 7.05 Å². The predicted molar refractivity (Wildman–Crippen MR) is 85.1 cm³/mol. The molecule has 0 saturated heterocycles. The summed E-state index contributed by atoms with van der Waals surface area (Å²) in [6.45, 7) is 0. The Morgan fingerprint density at radius 2 is 2.14 bits per heavy atom. The standard InChI is InChI=1S/C13H8ClN5S2/c1-19-11-9(5-15-6-16-11)17-12(19)21-13-18-8-4-2-3-7(14)10(8)20-13/h2-6H,1H3. The van der Waals surface area contributed by atoms with Crippen LogP contribution >= 0.6 is 34.7 Å². The lowest BCUT2D eigenvalue weighted by Gasteiger charge is -1.97. The van der Waals surface area contributed by atoms with Crippen LogP contribution in [0.5, 0.6) is 0 Å². The summed E-state index contributed by atoms with van der Waals surface area (Å²) in [5.74, 6) is 0. The van der Waals surface area contributed by atoms with Crippen LogP contribution in [0, 0.1) is 0 Å². The quantitative estimate of drug-likeness (QED) is 0.558. The molecule has 4 aromatic rings. The van der Waals surface area contributed by atoms with E-state index in [0.29, 0.717) is 0 Å². The Kier molecular flexibility index (Phi) is 3.06. The second kappa shape index (κ2) is 4.94. The summed E-state index contributed by atoms with van der Waals surface area (Å²) in [5, 5.41) is 1.56. The van der Waals surface area contributed by atoms with E-state index in [1.54, 1.807) is 17.5 Å². The van der Waals surface area contributed by atoms with E-state index in [9.17, 15) is 0 Å². The maximum atomic E-state index is 6.19. The zero-order valence-electron chi connectivity index (χ0n) is 10.8. The molecule has 104 valence electrons. The summed E-state index contributed by atoms with van der Waals surface area (Å²) >= 11 is 9.27. The highest BCUT2D eigenvalue weighted by molar-refractivity contribution is 8.01. The summed E-state index contributed by atoms with van der Waals surface area (Å²) in [5.41, 5.74) is 2.50. The van der Waals surface area contributed by atoms with E-state index in [0.717, 1.165) is 35.9 Å². The van der Waals surface area contributed by atoms with Gasteiger partial charge in [-0.15, -0.1) is 11.3 Å². The number of hydrogen-bond acceptors (Lipinski definition) is 6. The maximum absolute atomic E-state index is 6.19. The molecule has 0 spiro atoms. The van der Waals surface area contributed by atoms with Gasteiger partial charge in [-0.3, -0.25) is 0 Å². The Morgan fingerprint density at radius 1 is 1.24 bits per heavy atom.